The van der Waals surface area contributed by atoms with Crippen LogP contribution < -0.4 is 0 Å². The number of hydrogen-bond acceptors (Lipinski definition) is 6. The van der Waals surface area contributed by atoms with E-state index in [0.29, 0.717) is 0 Å². The van der Waals surface area contributed by atoms with E-state index in [1.54, 1.807) is 6.92 Å². The van der Waals surface area contributed by atoms with Crippen LogP contribution in [0.15, 0.2) is 12.2 Å². The average molecular weight is 294 g/mol. The summed E-state index contributed by atoms with van der Waals surface area (Å²) in [4.78, 5) is 12.4. The fraction of sp³-hybridized carbons (Fsp3) is 0.800. The van der Waals surface area contributed by atoms with E-state index in [-0.39, 0.29) is 12.5 Å². The third-order valence-electron chi connectivity index (χ3n) is 6.74. The van der Waals surface area contributed by atoms with Crippen LogP contribution >= 0.6 is 0 Å². The Labute approximate surface area is 121 Å². The van der Waals surface area contributed by atoms with Crippen LogP contribution in [0.5, 0.6) is 0 Å². The lowest BCUT2D eigenvalue weighted by Gasteiger charge is -2.53. The van der Waals surface area contributed by atoms with Gasteiger partial charge in [-0.25, -0.2) is 0 Å². The van der Waals surface area contributed by atoms with Gasteiger partial charge < -0.3 is 24.4 Å². The fourth-order valence-corrected chi connectivity index (χ4v) is 5.65. The summed E-state index contributed by atoms with van der Waals surface area (Å²) in [7, 11) is 0. The molecule has 9 atom stereocenters. The van der Waals surface area contributed by atoms with Crippen molar-refractivity contribution in [2.24, 2.45) is 17.3 Å². The van der Waals surface area contributed by atoms with Gasteiger partial charge in [-0.3, -0.25) is 4.79 Å². The maximum atomic E-state index is 12.4. The minimum Gasteiger partial charge on any atom is -0.459 e. The molecule has 2 aliphatic carbocycles. The average Bonchev–Trinajstić information content (AvgIpc) is 3.05. The van der Waals surface area contributed by atoms with Gasteiger partial charge in [-0.05, 0) is 6.92 Å². The zero-order chi connectivity index (χ0) is 14.9. The van der Waals surface area contributed by atoms with Crippen molar-refractivity contribution < 1.29 is 29.2 Å². The SMILES string of the molecule is C=C(C)C1[C@H]2OC(=O)[C@H]1[C@]1(O)C3OC3[C@]3(O)CO[C@H]2[C@@]31C. The normalized spacial score (nSPS) is 65.8. The molecular formula is C15H18O6. The summed E-state index contributed by atoms with van der Waals surface area (Å²) in [5, 5.41) is 22.5. The van der Waals surface area contributed by atoms with Crippen molar-refractivity contribution in [2.75, 3.05) is 6.61 Å². The summed E-state index contributed by atoms with van der Waals surface area (Å²) >= 11 is 0. The van der Waals surface area contributed by atoms with Crippen molar-refractivity contribution in [3.63, 3.8) is 0 Å². The summed E-state index contributed by atoms with van der Waals surface area (Å²) in [6.07, 6.45) is -2.02. The van der Waals surface area contributed by atoms with Crippen molar-refractivity contribution in [3.05, 3.63) is 12.2 Å². The van der Waals surface area contributed by atoms with Gasteiger partial charge in [-0.15, -0.1) is 0 Å². The highest BCUT2D eigenvalue weighted by molar-refractivity contribution is 5.80. The first kappa shape index (κ1) is 12.6. The van der Waals surface area contributed by atoms with Gasteiger partial charge in [0.2, 0.25) is 0 Å². The molecule has 0 aromatic carbocycles. The van der Waals surface area contributed by atoms with Crippen LogP contribution in [0.1, 0.15) is 13.8 Å². The topological polar surface area (TPSA) is 88.5 Å². The Morgan fingerprint density at radius 1 is 1.33 bits per heavy atom. The number of carbonyl (C=O) groups excluding carboxylic acids is 1. The molecule has 0 amide bonds. The minimum atomic E-state index is -1.47. The molecule has 21 heavy (non-hydrogen) atoms. The lowest BCUT2D eigenvalue weighted by atomic mass is 9.52. The molecule has 5 aliphatic rings. The van der Waals surface area contributed by atoms with Crippen LogP contribution in [0.2, 0.25) is 0 Å². The first-order chi connectivity index (χ1) is 9.78. The maximum absolute atomic E-state index is 12.4. The highest BCUT2D eigenvalue weighted by atomic mass is 16.7. The summed E-state index contributed by atoms with van der Waals surface area (Å²) in [6.45, 7) is 7.69. The van der Waals surface area contributed by atoms with Crippen molar-refractivity contribution in [1.29, 1.82) is 0 Å². The van der Waals surface area contributed by atoms with E-state index < -0.39 is 52.9 Å². The third kappa shape index (κ3) is 0.933. The quantitative estimate of drug-likeness (QED) is 0.381. The molecule has 0 spiro atoms. The molecule has 6 heteroatoms. The maximum Gasteiger partial charge on any atom is 0.313 e. The van der Waals surface area contributed by atoms with E-state index in [1.165, 1.54) is 0 Å². The van der Waals surface area contributed by atoms with Crippen molar-refractivity contribution in [1.82, 2.24) is 0 Å². The van der Waals surface area contributed by atoms with Gasteiger partial charge in [-0.2, -0.15) is 0 Å². The van der Waals surface area contributed by atoms with Gasteiger partial charge >= 0.3 is 5.97 Å². The fourth-order valence-electron chi connectivity index (χ4n) is 5.65. The minimum absolute atomic E-state index is 0.0985. The second-order valence-electron chi connectivity index (χ2n) is 7.41. The molecule has 3 aliphatic heterocycles. The van der Waals surface area contributed by atoms with Gasteiger partial charge in [0.15, 0.2) is 0 Å². The number of aliphatic hydroxyl groups is 2. The first-order valence-electron chi connectivity index (χ1n) is 7.36. The Morgan fingerprint density at radius 3 is 2.71 bits per heavy atom. The van der Waals surface area contributed by atoms with Gasteiger partial charge in [0, 0.05) is 5.92 Å². The molecule has 3 saturated heterocycles. The Hall–Kier alpha value is -0.950. The molecule has 114 valence electrons. The largest absolute Gasteiger partial charge is 0.459 e. The Bertz CT molecular complexity index is 603. The van der Waals surface area contributed by atoms with Gasteiger partial charge in [0.05, 0.1) is 17.9 Å². The van der Waals surface area contributed by atoms with Crippen molar-refractivity contribution in [2.45, 2.75) is 49.5 Å². The van der Waals surface area contributed by atoms with E-state index in [4.69, 9.17) is 14.2 Å². The second-order valence-corrected chi connectivity index (χ2v) is 7.41. The predicted octanol–water partition coefficient (Wildman–Crippen LogP) is -0.618. The van der Waals surface area contributed by atoms with E-state index in [9.17, 15) is 15.0 Å². The molecule has 3 heterocycles. The number of esters is 1. The van der Waals surface area contributed by atoms with Gasteiger partial charge in [0.1, 0.15) is 35.6 Å². The standard InChI is InChI=1S/C15H18O6/c1-5(2)6-7-12(16)20-8(6)9-13(3)14(17,4-19-9)10-11(21-10)15(7,13)18/h6-11,17-18H,1,4H2,2-3H3/t6?,7-,8+,9+,10?,11?,13-,14+,15-/m0/s1. The Kier molecular flexibility index (Phi) is 1.83. The molecule has 2 bridgehead atoms. The smallest absolute Gasteiger partial charge is 0.313 e. The van der Waals surface area contributed by atoms with Crippen molar-refractivity contribution in [3.8, 4) is 0 Å². The van der Waals surface area contributed by atoms with Crippen LogP contribution in [0.4, 0.5) is 0 Å². The molecule has 2 N–H and O–H groups in total. The van der Waals surface area contributed by atoms with E-state index in [1.807, 2.05) is 6.92 Å². The Balaban J connectivity index is 1.79. The van der Waals surface area contributed by atoms with Gasteiger partial charge in [-0.1, -0.05) is 19.1 Å². The van der Waals surface area contributed by atoms with Crippen molar-refractivity contribution >= 4 is 5.97 Å². The van der Waals surface area contributed by atoms with Crippen LogP contribution in [-0.4, -0.2) is 58.4 Å². The van der Waals surface area contributed by atoms with Crippen LogP contribution in [0.3, 0.4) is 0 Å². The molecule has 0 aromatic rings. The molecule has 5 fully saturated rings. The lowest BCUT2D eigenvalue weighted by Crippen LogP contribution is -2.70. The highest BCUT2D eigenvalue weighted by Crippen LogP contribution is 2.74. The lowest BCUT2D eigenvalue weighted by molar-refractivity contribution is -0.227. The zero-order valence-electron chi connectivity index (χ0n) is 11.9. The van der Waals surface area contributed by atoms with Crippen LogP contribution in [-0.2, 0) is 19.0 Å². The van der Waals surface area contributed by atoms with E-state index >= 15 is 0 Å². The third-order valence-corrected chi connectivity index (χ3v) is 6.74. The summed E-state index contributed by atoms with van der Waals surface area (Å²) in [6, 6.07) is 0. The van der Waals surface area contributed by atoms with Crippen LogP contribution in [0.25, 0.3) is 0 Å². The predicted molar refractivity (Wildman–Crippen MR) is 68.1 cm³/mol. The first-order valence-corrected chi connectivity index (χ1v) is 7.36. The molecule has 0 radical (unpaired) electrons. The number of epoxide rings is 1. The molecule has 0 aromatic heterocycles. The molecule has 2 saturated carbocycles. The molecule has 5 rings (SSSR count). The molecular weight excluding hydrogens is 276 g/mol. The molecule has 3 unspecified atom stereocenters. The van der Waals surface area contributed by atoms with E-state index in [2.05, 4.69) is 6.58 Å². The number of fused-ring (bicyclic) bond motifs is 7. The summed E-state index contributed by atoms with van der Waals surface area (Å²) < 4.78 is 16.9. The summed E-state index contributed by atoms with van der Waals surface area (Å²) in [5.74, 6) is -1.48. The van der Waals surface area contributed by atoms with Gasteiger partial charge in [0.25, 0.3) is 0 Å². The van der Waals surface area contributed by atoms with E-state index in [0.717, 1.165) is 5.57 Å². The van der Waals surface area contributed by atoms with Crippen LogP contribution in [0, 0.1) is 17.3 Å². The number of carbonyl (C=O) groups is 1. The summed E-state index contributed by atoms with van der Waals surface area (Å²) in [5.41, 5.74) is -2.90. The Morgan fingerprint density at radius 2 is 2.05 bits per heavy atom. The number of ether oxygens (including phenoxy) is 3. The number of rotatable bonds is 1. The zero-order valence-corrected chi connectivity index (χ0v) is 11.9. The second kappa shape index (κ2) is 3.06. The highest BCUT2D eigenvalue weighted by Gasteiger charge is 2.93. The molecule has 6 nitrogen and oxygen atoms in total. The monoisotopic (exact) mass is 294 g/mol. The number of hydrogen-bond donors (Lipinski definition) is 2.